The van der Waals surface area contributed by atoms with Gasteiger partial charge in [0.2, 0.25) is 11.1 Å². The summed E-state index contributed by atoms with van der Waals surface area (Å²) in [6.45, 7) is 1.57. The number of hydrogen-bond donors (Lipinski definition) is 3. The Labute approximate surface area is 123 Å². The highest BCUT2D eigenvalue weighted by Crippen LogP contribution is 2.24. The smallest absolute Gasteiger partial charge is 0.318 e. The van der Waals surface area contributed by atoms with Crippen LogP contribution in [0.2, 0.25) is 0 Å². The molecule has 1 heterocycles. The fraction of sp³-hybridized carbons (Fsp3) is 0.167. The number of benzene rings is 1. The first-order chi connectivity index (χ1) is 9.97. The third-order valence-corrected chi connectivity index (χ3v) is 3.45. The van der Waals surface area contributed by atoms with Crippen LogP contribution in [0.25, 0.3) is 11.4 Å². The number of imide groups is 1. The average Bonchev–Trinajstić information content (AvgIpc) is 2.86. The molecule has 2 rings (SSSR count). The van der Waals surface area contributed by atoms with E-state index in [1.807, 2.05) is 5.32 Å². The Kier molecular flexibility index (Phi) is 4.53. The third-order valence-electron chi connectivity index (χ3n) is 2.49. The molecule has 0 saturated carbocycles. The highest BCUT2D eigenvalue weighted by atomic mass is 32.2. The van der Waals surface area contributed by atoms with Gasteiger partial charge in [-0.3, -0.25) is 15.2 Å². The fourth-order valence-electron chi connectivity index (χ4n) is 1.51. The molecule has 0 radical (unpaired) electrons. The van der Waals surface area contributed by atoms with E-state index in [1.165, 1.54) is 6.07 Å². The van der Waals surface area contributed by atoms with Gasteiger partial charge in [0.1, 0.15) is 5.82 Å². The summed E-state index contributed by atoms with van der Waals surface area (Å²) in [6.07, 6.45) is 0. The number of nitrogens with one attached hydrogen (secondary N) is 2. The van der Waals surface area contributed by atoms with Crippen molar-refractivity contribution in [1.29, 1.82) is 0 Å². The summed E-state index contributed by atoms with van der Waals surface area (Å²) < 4.78 is 13.6. The van der Waals surface area contributed by atoms with Crippen LogP contribution in [0.1, 0.15) is 6.92 Å². The maximum Gasteiger partial charge on any atom is 0.318 e. The summed E-state index contributed by atoms with van der Waals surface area (Å²) >= 11 is 1.02. The molecule has 0 aliphatic heterocycles. The molecular weight excluding hydrogens is 297 g/mol. The van der Waals surface area contributed by atoms with Crippen LogP contribution < -0.4 is 11.1 Å². The lowest BCUT2D eigenvalue weighted by Gasteiger charge is -2.06. The highest BCUT2D eigenvalue weighted by Gasteiger charge is 2.19. The summed E-state index contributed by atoms with van der Waals surface area (Å²) in [5.41, 5.74) is 5.15. The Morgan fingerprint density at radius 3 is 2.81 bits per heavy atom. The van der Waals surface area contributed by atoms with Gasteiger partial charge in [0.05, 0.1) is 10.8 Å². The van der Waals surface area contributed by atoms with Crippen molar-refractivity contribution >= 4 is 23.7 Å². The van der Waals surface area contributed by atoms with E-state index in [0.29, 0.717) is 0 Å². The Morgan fingerprint density at radius 2 is 2.14 bits per heavy atom. The molecule has 4 N–H and O–H groups in total. The number of nitrogens with zero attached hydrogens (tertiary/aromatic N) is 2. The molecule has 110 valence electrons. The number of carbonyl (C=O) groups excluding carboxylic acids is 2. The highest BCUT2D eigenvalue weighted by molar-refractivity contribution is 8.00. The van der Waals surface area contributed by atoms with Crippen molar-refractivity contribution in [2.45, 2.75) is 17.3 Å². The van der Waals surface area contributed by atoms with Crippen LogP contribution >= 0.6 is 11.8 Å². The van der Waals surface area contributed by atoms with Crippen molar-refractivity contribution < 1.29 is 14.0 Å². The fourth-order valence-corrected chi connectivity index (χ4v) is 2.23. The van der Waals surface area contributed by atoms with Crippen LogP contribution in [0.4, 0.5) is 9.18 Å². The number of carbonyl (C=O) groups is 2. The van der Waals surface area contributed by atoms with Gasteiger partial charge in [-0.15, -0.1) is 5.10 Å². The lowest BCUT2D eigenvalue weighted by atomic mass is 10.2. The van der Waals surface area contributed by atoms with E-state index < -0.39 is 23.0 Å². The van der Waals surface area contributed by atoms with Gasteiger partial charge in [-0.05, 0) is 19.1 Å². The van der Waals surface area contributed by atoms with Crippen molar-refractivity contribution in [2.24, 2.45) is 5.73 Å². The van der Waals surface area contributed by atoms with Gasteiger partial charge in [0, 0.05) is 0 Å². The van der Waals surface area contributed by atoms with E-state index in [9.17, 15) is 14.0 Å². The zero-order valence-electron chi connectivity index (χ0n) is 11.0. The normalized spacial score (nSPS) is 11.9. The van der Waals surface area contributed by atoms with Gasteiger partial charge in [-0.25, -0.2) is 14.2 Å². The Hall–Kier alpha value is -2.42. The SMILES string of the molecule is C[C@H](Sc1n[nH]c(-c2ccccc2F)n1)C(=O)NC(N)=O. The molecule has 9 heteroatoms. The maximum atomic E-state index is 13.6. The number of aromatic amines is 1. The summed E-state index contributed by atoms with van der Waals surface area (Å²) in [7, 11) is 0. The molecule has 0 aliphatic carbocycles. The topological polar surface area (TPSA) is 114 Å². The second-order valence-corrected chi connectivity index (χ2v) is 5.37. The Balaban J connectivity index is 2.09. The number of H-pyrrole nitrogens is 1. The molecular formula is C12H12FN5O2S. The first-order valence-electron chi connectivity index (χ1n) is 5.91. The van der Waals surface area contributed by atoms with Crippen molar-refractivity contribution in [3.8, 4) is 11.4 Å². The number of urea groups is 1. The number of halogens is 1. The zero-order valence-corrected chi connectivity index (χ0v) is 11.8. The molecule has 1 aromatic heterocycles. The van der Waals surface area contributed by atoms with E-state index in [2.05, 4.69) is 15.2 Å². The van der Waals surface area contributed by atoms with Gasteiger partial charge < -0.3 is 5.73 Å². The predicted molar refractivity (Wildman–Crippen MR) is 74.8 cm³/mol. The van der Waals surface area contributed by atoms with Crippen molar-refractivity contribution in [1.82, 2.24) is 20.5 Å². The van der Waals surface area contributed by atoms with Crippen LogP contribution in [0, 0.1) is 5.82 Å². The molecule has 0 unspecified atom stereocenters. The minimum atomic E-state index is -0.922. The van der Waals surface area contributed by atoms with Crippen LogP contribution in [0.5, 0.6) is 0 Å². The number of hydrogen-bond acceptors (Lipinski definition) is 5. The van der Waals surface area contributed by atoms with Crippen LogP contribution in [-0.4, -0.2) is 32.4 Å². The maximum absolute atomic E-state index is 13.6. The lowest BCUT2D eigenvalue weighted by Crippen LogP contribution is -2.39. The zero-order chi connectivity index (χ0) is 15.4. The molecule has 1 aromatic carbocycles. The summed E-state index contributed by atoms with van der Waals surface area (Å²) in [6, 6.07) is 5.20. The lowest BCUT2D eigenvalue weighted by molar-refractivity contribution is -0.119. The number of amides is 3. The van der Waals surface area contributed by atoms with Gasteiger partial charge in [0.15, 0.2) is 5.82 Å². The third kappa shape index (κ3) is 3.78. The number of aromatic nitrogens is 3. The number of thioether (sulfide) groups is 1. The quantitative estimate of drug-likeness (QED) is 0.736. The first kappa shape index (κ1) is 15.0. The van der Waals surface area contributed by atoms with E-state index in [0.717, 1.165) is 11.8 Å². The standard InChI is InChI=1S/C12H12FN5O2S/c1-6(10(19)16-11(14)20)21-12-15-9(17-18-12)7-4-2-3-5-8(7)13/h2-6H,1H3,(H,15,17,18)(H3,14,16,19,20)/t6-/m0/s1. The summed E-state index contributed by atoms with van der Waals surface area (Å²) in [4.78, 5) is 26.2. The predicted octanol–water partition coefficient (Wildman–Crippen LogP) is 1.29. The van der Waals surface area contributed by atoms with E-state index in [1.54, 1.807) is 25.1 Å². The van der Waals surface area contributed by atoms with Crippen molar-refractivity contribution in [3.63, 3.8) is 0 Å². The van der Waals surface area contributed by atoms with E-state index >= 15 is 0 Å². The van der Waals surface area contributed by atoms with Crippen LogP contribution in [0.3, 0.4) is 0 Å². The number of rotatable bonds is 4. The van der Waals surface area contributed by atoms with Gasteiger partial charge in [0.25, 0.3) is 0 Å². The van der Waals surface area contributed by atoms with E-state index in [-0.39, 0.29) is 16.5 Å². The minimum absolute atomic E-state index is 0.262. The van der Waals surface area contributed by atoms with Gasteiger partial charge in [-0.2, -0.15) is 0 Å². The molecule has 0 fully saturated rings. The summed E-state index contributed by atoms with van der Waals surface area (Å²) in [5.74, 6) is -0.715. The molecule has 7 nitrogen and oxygen atoms in total. The molecule has 3 amide bonds. The van der Waals surface area contributed by atoms with Crippen LogP contribution in [0.15, 0.2) is 29.4 Å². The van der Waals surface area contributed by atoms with Crippen molar-refractivity contribution in [3.05, 3.63) is 30.1 Å². The largest absolute Gasteiger partial charge is 0.351 e. The molecule has 0 saturated heterocycles. The average molecular weight is 309 g/mol. The molecule has 0 aliphatic rings. The summed E-state index contributed by atoms with van der Waals surface area (Å²) in [5, 5.41) is 8.11. The second kappa shape index (κ2) is 6.35. The second-order valence-electron chi connectivity index (χ2n) is 4.06. The molecule has 21 heavy (non-hydrogen) atoms. The minimum Gasteiger partial charge on any atom is -0.351 e. The molecule has 0 spiro atoms. The van der Waals surface area contributed by atoms with Gasteiger partial charge in [-0.1, -0.05) is 23.9 Å². The first-order valence-corrected chi connectivity index (χ1v) is 6.79. The Morgan fingerprint density at radius 1 is 1.43 bits per heavy atom. The molecule has 1 atom stereocenters. The molecule has 0 bridgehead atoms. The van der Waals surface area contributed by atoms with E-state index in [4.69, 9.17) is 5.73 Å². The van der Waals surface area contributed by atoms with Gasteiger partial charge >= 0.3 is 6.03 Å². The van der Waals surface area contributed by atoms with Crippen molar-refractivity contribution in [2.75, 3.05) is 0 Å². The molecule has 2 aromatic rings. The number of nitrogens with two attached hydrogens (primary N) is 1. The monoisotopic (exact) mass is 309 g/mol. The van der Waals surface area contributed by atoms with Crippen LogP contribution in [-0.2, 0) is 4.79 Å². The Bertz CT molecular complexity index is 675. The number of primary amides is 1.